The van der Waals surface area contributed by atoms with Crippen molar-refractivity contribution in [3.8, 4) is 5.75 Å². The molecule has 0 bridgehead atoms. The lowest BCUT2D eigenvalue weighted by Gasteiger charge is -2.08. The number of hydrogen-bond acceptors (Lipinski definition) is 6. The molecule has 1 aliphatic rings. The molecule has 0 fully saturated rings. The number of methoxy groups -OCH3 is 1. The minimum absolute atomic E-state index is 0.134. The first-order chi connectivity index (χ1) is 12.7. The number of carbonyl (C=O) groups is 1. The van der Waals surface area contributed by atoms with Crippen molar-refractivity contribution in [2.45, 2.75) is 11.8 Å². The standard InChI is InChI=1S/C17H15BrN4O4S/c1-9(10-3-6-14(26-2)15(7-10)27(19,24)25)21-22-16-12-5-4-11(18)8-13(12)20-17(16)23/h3-8H,1-2H3,(H2,19,24,25)(H,20,22,23)/b21-9+. The molecule has 1 heterocycles. The third-order valence-electron chi connectivity index (χ3n) is 3.89. The van der Waals surface area contributed by atoms with Gasteiger partial charge in [-0.05, 0) is 48.9 Å². The zero-order valence-corrected chi connectivity index (χ0v) is 16.8. The molecule has 0 spiro atoms. The highest BCUT2D eigenvalue weighted by Gasteiger charge is 2.26. The average Bonchev–Trinajstić information content (AvgIpc) is 2.92. The first-order valence-corrected chi connectivity index (χ1v) is 9.99. The topological polar surface area (TPSA) is 123 Å². The monoisotopic (exact) mass is 450 g/mol. The third-order valence-corrected chi connectivity index (χ3v) is 5.31. The van der Waals surface area contributed by atoms with Gasteiger partial charge in [-0.3, -0.25) is 4.79 Å². The molecule has 0 saturated heterocycles. The number of benzene rings is 2. The molecular formula is C17H15BrN4O4S. The Morgan fingerprint density at radius 2 is 1.96 bits per heavy atom. The molecule has 0 aliphatic carbocycles. The first-order valence-electron chi connectivity index (χ1n) is 7.65. The van der Waals surface area contributed by atoms with Gasteiger partial charge in [0, 0.05) is 10.0 Å². The predicted molar refractivity (Wildman–Crippen MR) is 106 cm³/mol. The number of rotatable bonds is 4. The highest BCUT2D eigenvalue weighted by atomic mass is 79.9. The van der Waals surface area contributed by atoms with E-state index in [-0.39, 0.29) is 22.3 Å². The van der Waals surface area contributed by atoms with E-state index in [1.807, 2.05) is 0 Å². The quantitative estimate of drug-likeness (QED) is 0.547. The molecular weight excluding hydrogens is 436 g/mol. The number of carbonyl (C=O) groups excluding carboxylic acids is 1. The Kier molecular flexibility index (Phi) is 5.13. The number of halogens is 1. The number of anilines is 1. The molecule has 1 amide bonds. The predicted octanol–water partition coefficient (Wildman–Crippen LogP) is 2.27. The minimum atomic E-state index is -3.97. The summed E-state index contributed by atoms with van der Waals surface area (Å²) in [5.41, 5.74) is 2.35. The Labute approximate surface area is 164 Å². The fraction of sp³-hybridized carbons (Fsp3) is 0.118. The van der Waals surface area contributed by atoms with Gasteiger partial charge in [0.1, 0.15) is 10.6 Å². The number of ether oxygens (including phenoxy) is 1. The van der Waals surface area contributed by atoms with Crippen LogP contribution in [0.2, 0.25) is 0 Å². The molecule has 0 unspecified atom stereocenters. The van der Waals surface area contributed by atoms with Crippen molar-refractivity contribution in [3.05, 3.63) is 52.0 Å². The second kappa shape index (κ2) is 7.22. The lowest BCUT2D eigenvalue weighted by atomic mass is 10.1. The van der Waals surface area contributed by atoms with Crippen molar-refractivity contribution in [2.24, 2.45) is 15.3 Å². The van der Waals surface area contributed by atoms with Gasteiger partial charge in [0.2, 0.25) is 10.0 Å². The fourth-order valence-electron chi connectivity index (χ4n) is 2.54. The normalized spacial score (nSPS) is 15.6. The Morgan fingerprint density at radius 1 is 1.22 bits per heavy atom. The molecule has 27 heavy (non-hydrogen) atoms. The van der Waals surface area contributed by atoms with Gasteiger partial charge in [-0.15, -0.1) is 5.10 Å². The van der Waals surface area contributed by atoms with E-state index >= 15 is 0 Å². The van der Waals surface area contributed by atoms with Crippen molar-refractivity contribution in [1.29, 1.82) is 0 Å². The maximum Gasteiger partial charge on any atom is 0.276 e. The molecule has 1 aliphatic heterocycles. The van der Waals surface area contributed by atoms with Crippen LogP contribution >= 0.6 is 15.9 Å². The van der Waals surface area contributed by atoms with E-state index in [1.165, 1.54) is 19.2 Å². The molecule has 8 nitrogen and oxygen atoms in total. The Hall–Kier alpha value is -2.56. The van der Waals surface area contributed by atoms with E-state index in [2.05, 4.69) is 31.4 Å². The van der Waals surface area contributed by atoms with Crippen LogP contribution < -0.4 is 15.2 Å². The number of nitrogens with one attached hydrogen (secondary N) is 1. The van der Waals surface area contributed by atoms with Crippen molar-refractivity contribution in [3.63, 3.8) is 0 Å². The van der Waals surface area contributed by atoms with Crippen LogP contribution in [0.3, 0.4) is 0 Å². The van der Waals surface area contributed by atoms with Crippen LogP contribution in [-0.4, -0.2) is 32.9 Å². The van der Waals surface area contributed by atoms with Gasteiger partial charge in [0.05, 0.1) is 18.5 Å². The molecule has 3 rings (SSSR count). The van der Waals surface area contributed by atoms with Gasteiger partial charge in [0.15, 0.2) is 5.71 Å². The lowest BCUT2D eigenvalue weighted by molar-refractivity contribution is -0.110. The SMILES string of the molecule is COc1ccc(/C(C)=N/N=C2C(=O)Nc3cc(Br)ccc32)cc1S(N)(=O)=O. The van der Waals surface area contributed by atoms with Crippen molar-refractivity contribution < 1.29 is 17.9 Å². The van der Waals surface area contributed by atoms with Gasteiger partial charge < -0.3 is 10.1 Å². The average molecular weight is 451 g/mol. The van der Waals surface area contributed by atoms with E-state index < -0.39 is 10.0 Å². The maximum atomic E-state index is 12.1. The molecule has 10 heteroatoms. The van der Waals surface area contributed by atoms with E-state index in [0.29, 0.717) is 22.5 Å². The summed E-state index contributed by atoms with van der Waals surface area (Å²) >= 11 is 3.34. The third kappa shape index (κ3) is 3.92. The van der Waals surface area contributed by atoms with Crippen molar-refractivity contribution in [2.75, 3.05) is 12.4 Å². The Morgan fingerprint density at radius 3 is 2.63 bits per heavy atom. The summed E-state index contributed by atoms with van der Waals surface area (Å²) in [6.45, 7) is 1.65. The Balaban J connectivity index is 2.00. The summed E-state index contributed by atoms with van der Waals surface area (Å²) in [6, 6.07) is 9.80. The van der Waals surface area contributed by atoms with Gasteiger partial charge in [0.25, 0.3) is 5.91 Å². The van der Waals surface area contributed by atoms with Crippen LogP contribution in [0, 0.1) is 0 Å². The van der Waals surface area contributed by atoms with Crippen LogP contribution in [0.25, 0.3) is 0 Å². The number of sulfonamides is 1. The van der Waals surface area contributed by atoms with Crippen LogP contribution in [0.1, 0.15) is 18.1 Å². The number of fused-ring (bicyclic) bond motifs is 1. The molecule has 0 radical (unpaired) electrons. The van der Waals surface area contributed by atoms with Gasteiger partial charge in [-0.25, -0.2) is 13.6 Å². The van der Waals surface area contributed by atoms with Gasteiger partial charge in [-0.2, -0.15) is 5.10 Å². The van der Waals surface area contributed by atoms with E-state index in [9.17, 15) is 13.2 Å². The number of primary sulfonamides is 1. The molecule has 0 atom stereocenters. The number of hydrogen-bond donors (Lipinski definition) is 2. The second-order valence-corrected chi connectivity index (χ2v) is 8.13. The highest BCUT2D eigenvalue weighted by Crippen LogP contribution is 2.27. The van der Waals surface area contributed by atoms with Crippen LogP contribution in [0.15, 0.2) is 56.0 Å². The van der Waals surface area contributed by atoms with Gasteiger partial charge >= 0.3 is 0 Å². The molecule has 2 aromatic carbocycles. The first kappa shape index (κ1) is 19.2. The number of nitrogens with zero attached hydrogens (tertiary/aromatic N) is 2. The molecule has 0 aromatic heterocycles. The maximum absolute atomic E-state index is 12.1. The minimum Gasteiger partial charge on any atom is -0.495 e. The van der Waals surface area contributed by atoms with Crippen LogP contribution in [0.4, 0.5) is 5.69 Å². The lowest BCUT2D eigenvalue weighted by Crippen LogP contribution is -2.15. The smallest absolute Gasteiger partial charge is 0.276 e. The zero-order valence-electron chi connectivity index (χ0n) is 14.4. The summed E-state index contributed by atoms with van der Waals surface area (Å²) in [4.78, 5) is 12.0. The number of amides is 1. The zero-order chi connectivity index (χ0) is 19.8. The van der Waals surface area contributed by atoms with Crippen molar-refractivity contribution >= 4 is 49.0 Å². The molecule has 3 N–H and O–H groups in total. The summed E-state index contributed by atoms with van der Waals surface area (Å²) in [5.74, 6) is -0.227. The van der Waals surface area contributed by atoms with E-state index in [4.69, 9.17) is 9.88 Å². The molecule has 0 saturated carbocycles. The summed E-state index contributed by atoms with van der Waals surface area (Å²) in [6.07, 6.45) is 0. The second-order valence-electron chi connectivity index (χ2n) is 5.69. The highest BCUT2D eigenvalue weighted by molar-refractivity contribution is 9.10. The van der Waals surface area contributed by atoms with Crippen LogP contribution in [-0.2, 0) is 14.8 Å². The largest absolute Gasteiger partial charge is 0.495 e. The van der Waals surface area contributed by atoms with E-state index in [1.54, 1.807) is 31.2 Å². The molecule has 2 aromatic rings. The molecule has 140 valence electrons. The summed E-state index contributed by atoms with van der Waals surface area (Å²) in [7, 11) is -2.62. The number of nitrogens with two attached hydrogens (primary N) is 1. The Bertz CT molecular complexity index is 1110. The summed E-state index contributed by atoms with van der Waals surface area (Å²) in [5, 5.41) is 16.1. The fourth-order valence-corrected chi connectivity index (χ4v) is 3.62. The van der Waals surface area contributed by atoms with Gasteiger partial charge in [-0.1, -0.05) is 15.9 Å². The van der Waals surface area contributed by atoms with Crippen molar-refractivity contribution in [1.82, 2.24) is 0 Å². The van der Waals surface area contributed by atoms with E-state index in [0.717, 1.165) is 4.47 Å². The summed E-state index contributed by atoms with van der Waals surface area (Å²) < 4.78 is 29.3. The van der Waals surface area contributed by atoms with Crippen LogP contribution in [0.5, 0.6) is 5.75 Å².